The number of nitrogens with one attached hydrogen (secondary N) is 2. The molecule has 0 aromatic heterocycles. The van der Waals surface area contributed by atoms with E-state index in [4.69, 9.17) is 4.84 Å². The van der Waals surface area contributed by atoms with Crippen LogP contribution in [0.3, 0.4) is 0 Å². The second-order valence-electron chi connectivity index (χ2n) is 13.2. The summed E-state index contributed by atoms with van der Waals surface area (Å²) >= 11 is 0. The molecule has 3 aliphatic carbocycles. The molecule has 5 fully saturated rings. The minimum Gasteiger partial charge on any atom is -0.396 e. The average Bonchev–Trinajstić information content (AvgIpc) is 3.51. The Morgan fingerprint density at radius 2 is 1.70 bits per heavy atom. The number of amides is 1. The van der Waals surface area contributed by atoms with Gasteiger partial charge in [0, 0.05) is 25.0 Å². The lowest BCUT2D eigenvalue weighted by atomic mass is 9.71. The van der Waals surface area contributed by atoms with Crippen molar-refractivity contribution in [3.8, 4) is 0 Å². The predicted octanol–water partition coefficient (Wildman–Crippen LogP) is 3.63. The lowest BCUT2D eigenvalue weighted by molar-refractivity contribution is -0.193. The highest BCUT2D eigenvalue weighted by Crippen LogP contribution is 2.41. The number of hydroxylamine groups is 2. The third kappa shape index (κ3) is 6.54. The number of aliphatic hydroxyl groups is 2. The molecule has 7 nitrogen and oxygen atoms in total. The van der Waals surface area contributed by atoms with E-state index in [1.54, 1.807) is 6.92 Å². The maximum absolute atomic E-state index is 13.5. The fourth-order valence-corrected chi connectivity index (χ4v) is 8.76. The molecule has 5 aliphatic rings. The van der Waals surface area contributed by atoms with Crippen LogP contribution in [-0.4, -0.2) is 71.7 Å². The molecule has 0 bridgehead atoms. The van der Waals surface area contributed by atoms with Gasteiger partial charge in [0.05, 0.1) is 12.7 Å². The number of hydrogen-bond donors (Lipinski definition) is 4. The van der Waals surface area contributed by atoms with Gasteiger partial charge in [-0.2, -0.15) is 5.06 Å². The minimum atomic E-state index is -0.729. The molecule has 212 valence electrons. The first-order valence-corrected chi connectivity index (χ1v) is 15.8. The second-order valence-corrected chi connectivity index (χ2v) is 13.2. The maximum atomic E-state index is 13.5. The summed E-state index contributed by atoms with van der Waals surface area (Å²) in [5.41, 5.74) is 0. The Hall–Kier alpha value is -0.730. The van der Waals surface area contributed by atoms with Crippen LogP contribution in [0.4, 0.5) is 0 Å². The van der Waals surface area contributed by atoms with E-state index in [0.717, 1.165) is 30.7 Å². The van der Waals surface area contributed by atoms with Gasteiger partial charge < -0.3 is 20.8 Å². The van der Waals surface area contributed by atoms with E-state index in [1.807, 2.05) is 5.06 Å². The van der Waals surface area contributed by atoms with Gasteiger partial charge in [0.2, 0.25) is 5.91 Å². The first-order valence-electron chi connectivity index (χ1n) is 15.8. The fourth-order valence-electron chi connectivity index (χ4n) is 8.76. The van der Waals surface area contributed by atoms with Gasteiger partial charge in [-0.1, -0.05) is 44.9 Å². The van der Waals surface area contributed by atoms with Crippen LogP contribution < -0.4 is 10.6 Å². The first kappa shape index (κ1) is 27.8. The van der Waals surface area contributed by atoms with E-state index in [2.05, 4.69) is 10.6 Å². The van der Waals surface area contributed by atoms with Crippen molar-refractivity contribution in [2.24, 2.45) is 35.5 Å². The van der Waals surface area contributed by atoms with Crippen LogP contribution in [0.2, 0.25) is 0 Å². The predicted molar refractivity (Wildman–Crippen MR) is 145 cm³/mol. The van der Waals surface area contributed by atoms with Gasteiger partial charge in [-0.05, 0) is 88.0 Å². The van der Waals surface area contributed by atoms with Crippen LogP contribution >= 0.6 is 0 Å². The zero-order valence-electron chi connectivity index (χ0n) is 23.2. The van der Waals surface area contributed by atoms with Crippen molar-refractivity contribution in [2.75, 3.05) is 26.2 Å². The molecule has 7 atom stereocenters. The van der Waals surface area contributed by atoms with E-state index < -0.39 is 24.2 Å². The largest absolute Gasteiger partial charge is 0.396 e. The molecule has 2 aliphatic heterocycles. The van der Waals surface area contributed by atoms with Crippen molar-refractivity contribution in [1.82, 2.24) is 15.7 Å². The van der Waals surface area contributed by atoms with Gasteiger partial charge in [-0.15, -0.1) is 0 Å². The first-order chi connectivity index (χ1) is 18.0. The average molecular weight is 520 g/mol. The summed E-state index contributed by atoms with van der Waals surface area (Å²) in [5.74, 6) is 3.24. The van der Waals surface area contributed by atoms with Crippen molar-refractivity contribution in [3.63, 3.8) is 0 Å². The molecule has 7 heteroatoms. The third-order valence-corrected chi connectivity index (χ3v) is 10.9. The van der Waals surface area contributed by atoms with Crippen molar-refractivity contribution in [2.45, 2.75) is 121 Å². The lowest BCUT2D eigenvalue weighted by Crippen LogP contribution is -2.49. The van der Waals surface area contributed by atoms with E-state index >= 15 is 0 Å². The quantitative estimate of drug-likeness (QED) is 0.372. The molecule has 1 amide bonds. The van der Waals surface area contributed by atoms with E-state index in [-0.39, 0.29) is 12.5 Å². The summed E-state index contributed by atoms with van der Waals surface area (Å²) in [6, 6.07) is 0.136. The van der Waals surface area contributed by atoms with Crippen molar-refractivity contribution in [3.05, 3.63) is 0 Å². The monoisotopic (exact) mass is 519 g/mol. The van der Waals surface area contributed by atoms with Crippen LogP contribution in [0.1, 0.15) is 96.8 Å². The Morgan fingerprint density at radius 1 is 1.00 bits per heavy atom. The maximum Gasteiger partial charge on any atom is 0.240 e. The number of aliphatic hydroxyl groups excluding tert-OH is 2. The van der Waals surface area contributed by atoms with Gasteiger partial charge in [-0.3, -0.25) is 9.63 Å². The summed E-state index contributed by atoms with van der Waals surface area (Å²) in [7, 11) is 0. The Bertz CT molecular complexity index is 722. The second kappa shape index (κ2) is 13.1. The van der Waals surface area contributed by atoms with Crippen molar-refractivity contribution >= 4 is 5.91 Å². The molecule has 0 aromatic rings. The number of carbonyl (C=O) groups is 1. The molecule has 0 aromatic carbocycles. The molecule has 5 rings (SSSR count). The third-order valence-electron chi connectivity index (χ3n) is 10.9. The summed E-state index contributed by atoms with van der Waals surface area (Å²) in [6.07, 6.45) is 17.0. The van der Waals surface area contributed by atoms with Crippen LogP contribution in [0.15, 0.2) is 0 Å². The van der Waals surface area contributed by atoms with Crippen LogP contribution in [-0.2, 0) is 9.63 Å². The summed E-state index contributed by atoms with van der Waals surface area (Å²) in [4.78, 5) is 19.7. The van der Waals surface area contributed by atoms with Gasteiger partial charge in [0.1, 0.15) is 12.1 Å². The highest BCUT2D eigenvalue weighted by atomic mass is 16.7. The van der Waals surface area contributed by atoms with Crippen LogP contribution in [0.5, 0.6) is 0 Å². The van der Waals surface area contributed by atoms with E-state index in [1.165, 1.54) is 83.5 Å². The minimum absolute atomic E-state index is 0.0516. The van der Waals surface area contributed by atoms with Gasteiger partial charge in [0.25, 0.3) is 0 Å². The zero-order valence-corrected chi connectivity index (χ0v) is 23.2. The topological polar surface area (TPSA) is 94.1 Å². The summed E-state index contributed by atoms with van der Waals surface area (Å²) in [6.45, 7) is 3.99. The fraction of sp³-hybridized carbons (Fsp3) is 0.967. The number of hydrogen-bond acceptors (Lipinski definition) is 6. The molecule has 3 unspecified atom stereocenters. The molecular formula is C30H53N3O4. The normalized spacial score (nSPS) is 40.4. The highest BCUT2D eigenvalue weighted by molar-refractivity contribution is 5.82. The molecule has 2 heterocycles. The van der Waals surface area contributed by atoms with Crippen LogP contribution in [0.25, 0.3) is 0 Å². The molecule has 0 spiro atoms. The molecule has 4 N–H and O–H groups in total. The SMILES string of the molecule is C[C@H](O)[C@H]1ON(CC2CCC(C3CCCCC3)CC2)[C@@H](C(=O)NCCC2CNC3CCCCC23)[C@H]1CO. The Balaban J connectivity index is 1.15. The molecule has 2 saturated heterocycles. The molecule has 0 radical (unpaired) electrons. The van der Waals surface area contributed by atoms with Gasteiger partial charge in [0.15, 0.2) is 0 Å². The Kier molecular flexibility index (Phi) is 9.84. The van der Waals surface area contributed by atoms with Gasteiger partial charge >= 0.3 is 0 Å². The number of rotatable bonds is 9. The van der Waals surface area contributed by atoms with Crippen LogP contribution in [0, 0.1) is 35.5 Å². The molecule has 37 heavy (non-hydrogen) atoms. The Morgan fingerprint density at radius 3 is 2.43 bits per heavy atom. The number of carbonyl (C=O) groups excluding carboxylic acids is 1. The smallest absolute Gasteiger partial charge is 0.240 e. The van der Waals surface area contributed by atoms with Crippen molar-refractivity contribution < 1.29 is 19.8 Å². The van der Waals surface area contributed by atoms with Gasteiger partial charge in [-0.25, -0.2) is 0 Å². The van der Waals surface area contributed by atoms with E-state index in [9.17, 15) is 15.0 Å². The van der Waals surface area contributed by atoms with Crippen molar-refractivity contribution in [1.29, 1.82) is 0 Å². The molecule has 3 saturated carbocycles. The standard InChI is InChI=1S/C30H53N3O4/c1-20(35)29-26(19-34)28(30(36)31-16-15-24-17-32-27-10-6-5-9-25(24)27)33(37-29)18-21-11-13-23(14-12-21)22-7-3-2-4-8-22/h20-29,32,34-35H,2-19H2,1H3,(H,31,36)/t20-,21?,23?,24?,25?,26+,27?,28+,29+/m0/s1. The highest BCUT2D eigenvalue weighted by Gasteiger charge is 2.49. The zero-order chi connectivity index (χ0) is 25.8. The lowest BCUT2D eigenvalue weighted by Gasteiger charge is -2.37. The number of nitrogens with zero attached hydrogens (tertiary/aromatic N) is 1. The van der Waals surface area contributed by atoms with E-state index in [0.29, 0.717) is 31.0 Å². The summed E-state index contributed by atoms with van der Waals surface area (Å²) < 4.78 is 0. The Labute approximate surface area is 224 Å². The molecular weight excluding hydrogens is 466 g/mol. The number of fused-ring (bicyclic) bond motifs is 1. The summed E-state index contributed by atoms with van der Waals surface area (Å²) in [5, 5.41) is 29.4.